The Morgan fingerprint density at radius 2 is 2.05 bits per heavy atom. The standard InChI is InChI=1S/C13H19N3O3S/c1-20-8-7-11(12(17)16-14)15-13(18)19-9-10-5-3-2-4-6-10/h2-6,11H,7-9,14H2,1H3,(H,15,18)(H,16,17). The molecule has 1 unspecified atom stereocenters. The lowest BCUT2D eigenvalue weighted by molar-refractivity contribution is -0.123. The molecular formula is C13H19N3O3S. The highest BCUT2D eigenvalue weighted by atomic mass is 32.2. The molecule has 1 aromatic rings. The van der Waals surface area contributed by atoms with Crippen molar-refractivity contribution in [2.24, 2.45) is 5.84 Å². The zero-order chi connectivity index (χ0) is 14.8. The summed E-state index contributed by atoms with van der Waals surface area (Å²) in [5.74, 6) is 5.39. The van der Waals surface area contributed by atoms with E-state index in [4.69, 9.17) is 10.6 Å². The molecule has 0 saturated heterocycles. The molecule has 0 aliphatic carbocycles. The van der Waals surface area contributed by atoms with Crippen LogP contribution in [0.2, 0.25) is 0 Å². The molecular weight excluding hydrogens is 278 g/mol. The molecule has 0 radical (unpaired) electrons. The normalized spacial score (nSPS) is 11.5. The van der Waals surface area contributed by atoms with E-state index in [0.29, 0.717) is 6.42 Å². The summed E-state index contributed by atoms with van der Waals surface area (Å²) in [5.41, 5.74) is 2.92. The summed E-state index contributed by atoms with van der Waals surface area (Å²) in [6.45, 7) is 0.159. The van der Waals surface area contributed by atoms with E-state index in [-0.39, 0.29) is 6.61 Å². The number of nitrogens with two attached hydrogens (primary N) is 1. The number of alkyl carbamates (subject to hydrolysis) is 1. The predicted molar refractivity (Wildman–Crippen MR) is 78.9 cm³/mol. The number of amides is 2. The van der Waals surface area contributed by atoms with Gasteiger partial charge >= 0.3 is 6.09 Å². The average Bonchev–Trinajstić information content (AvgIpc) is 2.49. The van der Waals surface area contributed by atoms with E-state index in [1.807, 2.05) is 42.0 Å². The van der Waals surface area contributed by atoms with Crippen molar-refractivity contribution < 1.29 is 14.3 Å². The van der Waals surface area contributed by atoms with Crippen LogP contribution in [0.15, 0.2) is 30.3 Å². The highest BCUT2D eigenvalue weighted by molar-refractivity contribution is 7.98. The van der Waals surface area contributed by atoms with Gasteiger partial charge in [0, 0.05) is 0 Å². The average molecular weight is 297 g/mol. The van der Waals surface area contributed by atoms with Crippen molar-refractivity contribution in [1.29, 1.82) is 0 Å². The van der Waals surface area contributed by atoms with E-state index in [0.717, 1.165) is 11.3 Å². The Bertz CT molecular complexity index is 428. The van der Waals surface area contributed by atoms with Crippen LogP contribution < -0.4 is 16.6 Å². The Labute approximate surface area is 122 Å². The van der Waals surface area contributed by atoms with Crippen molar-refractivity contribution >= 4 is 23.8 Å². The molecule has 20 heavy (non-hydrogen) atoms. The molecule has 0 bridgehead atoms. The van der Waals surface area contributed by atoms with Crippen LogP contribution in [0.5, 0.6) is 0 Å². The smallest absolute Gasteiger partial charge is 0.408 e. The predicted octanol–water partition coefficient (Wildman–Crippen LogP) is 1.02. The second-order valence-corrected chi connectivity index (χ2v) is 5.03. The summed E-state index contributed by atoms with van der Waals surface area (Å²) in [6.07, 6.45) is 1.78. The number of benzene rings is 1. The first-order valence-corrected chi connectivity index (χ1v) is 7.53. The van der Waals surface area contributed by atoms with Crippen molar-refractivity contribution in [2.75, 3.05) is 12.0 Å². The van der Waals surface area contributed by atoms with Gasteiger partial charge in [0.25, 0.3) is 5.91 Å². The van der Waals surface area contributed by atoms with E-state index in [1.54, 1.807) is 11.8 Å². The third-order valence-corrected chi connectivity index (χ3v) is 3.22. The Balaban J connectivity index is 2.43. The molecule has 0 aliphatic heterocycles. The minimum atomic E-state index is -0.685. The Morgan fingerprint density at radius 1 is 1.35 bits per heavy atom. The molecule has 1 rings (SSSR count). The van der Waals surface area contributed by atoms with Gasteiger partial charge in [0.2, 0.25) is 0 Å². The lowest BCUT2D eigenvalue weighted by Gasteiger charge is -2.16. The Morgan fingerprint density at radius 3 is 2.65 bits per heavy atom. The third kappa shape index (κ3) is 5.94. The van der Waals surface area contributed by atoms with E-state index < -0.39 is 18.0 Å². The highest BCUT2D eigenvalue weighted by Crippen LogP contribution is 2.03. The largest absolute Gasteiger partial charge is 0.445 e. The third-order valence-electron chi connectivity index (χ3n) is 2.57. The maximum Gasteiger partial charge on any atom is 0.408 e. The number of hydrogen-bond donors (Lipinski definition) is 3. The fraction of sp³-hybridized carbons (Fsp3) is 0.385. The molecule has 110 valence electrons. The van der Waals surface area contributed by atoms with Gasteiger partial charge in [0.15, 0.2) is 0 Å². The fourth-order valence-electron chi connectivity index (χ4n) is 1.51. The first-order valence-electron chi connectivity index (χ1n) is 6.14. The van der Waals surface area contributed by atoms with Crippen molar-refractivity contribution in [2.45, 2.75) is 19.1 Å². The zero-order valence-corrected chi connectivity index (χ0v) is 12.1. The van der Waals surface area contributed by atoms with Gasteiger partial charge in [-0.3, -0.25) is 10.2 Å². The van der Waals surface area contributed by atoms with E-state index in [2.05, 4.69) is 5.32 Å². The second kappa shape index (κ2) is 9.22. The van der Waals surface area contributed by atoms with Crippen LogP contribution in [-0.2, 0) is 16.1 Å². The number of nitrogens with one attached hydrogen (secondary N) is 2. The van der Waals surface area contributed by atoms with Crippen molar-refractivity contribution in [3.05, 3.63) is 35.9 Å². The minimum Gasteiger partial charge on any atom is -0.445 e. The number of ether oxygens (including phenoxy) is 1. The topological polar surface area (TPSA) is 93.4 Å². The monoisotopic (exact) mass is 297 g/mol. The summed E-state index contributed by atoms with van der Waals surface area (Å²) in [4.78, 5) is 23.2. The fourth-order valence-corrected chi connectivity index (χ4v) is 1.98. The van der Waals surface area contributed by atoms with E-state index >= 15 is 0 Å². The van der Waals surface area contributed by atoms with Crippen LogP contribution >= 0.6 is 11.8 Å². The summed E-state index contributed by atoms with van der Waals surface area (Å²) in [6, 6.07) is 8.62. The number of carbonyl (C=O) groups excluding carboxylic acids is 2. The van der Waals surface area contributed by atoms with E-state index in [9.17, 15) is 9.59 Å². The SMILES string of the molecule is CSCCC(NC(=O)OCc1ccccc1)C(=O)NN. The molecule has 4 N–H and O–H groups in total. The van der Waals surface area contributed by atoms with Crippen molar-refractivity contribution in [1.82, 2.24) is 10.7 Å². The van der Waals surface area contributed by atoms with Crippen LogP contribution in [0.1, 0.15) is 12.0 Å². The number of hydrazine groups is 1. The van der Waals surface area contributed by atoms with Gasteiger partial charge in [-0.25, -0.2) is 10.6 Å². The summed E-state index contributed by atoms with van der Waals surface area (Å²) >= 11 is 1.58. The number of hydrogen-bond acceptors (Lipinski definition) is 5. The maximum atomic E-state index is 11.6. The molecule has 0 fully saturated rings. The van der Waals surface area contributed by atoms with Gasteiger partial charge in [-0.1, -0.05) is 30.3 Å². The van der Waals surface area contributed by atoms with Crippen LogP contribution in [0.3, 0.4) is 0 Å². The van der Waals surface area contributed by atoms with Crippen LogP contribution in [0, 0.1) is 0 Å². The minimum absolute atomic E-state index is 0.159. The quantitative estimate of drug-likeness (QED) is 0.397. The van der Waals surface area contributed by atoms with Gasteiger partial charge < -0.3 is 10.1 Å². The number of rotatable bonds is 7. The lowest BCUT2D eigenvalue weighted by atomic mass is 10.2. The molecule has 1 atom stereocenters. The van der Waals surface area contributed by atoms with Crippen LogP contribution in [0.25, 0.3) is 0 Å². The summed E-state index contributed by atoms with van der Waals surface area (Å²) in [7, 11) is 0. The van der Waals surface area contributed by atoms with Crippen molar-refractivity contribution in [3.8, 4) is 0 Å². The Kier molecular flexibility index (Phi) is 7.52. The van der Waals surface area contributed by atoms with Crippen LogP contribution in [-0.4, -0.2) is 30.1 Å². The highest BCUT2D eigenvalue weighted by Gasteiger charge is 2.20. The first-order chi connectivity index (χ1) is 9.67. The molecule has 2 amide bonds. The zero-order valence-electron chi connectivity index (χ0n) is 11.3. The molecule has 0 saturated carbocycles. The van der Waals surface area contributed by atoms with Gasteiger partial charge in [0.05, 0.1) is 0 Å². The molecule has 6 nitrogen and oxygen atoms in total. The molecule has 7 heteroatoms. The maximum absolute atomic E-state index is 11.6. The second-order valence-electron chi connectivity index (χ2n) is 4.05. The van der Waals surface area contributed by atoms with Gasteiger partial charge in [-0.2, -0.15) is 11.8 Å². The van der Waals surface area contributed by atoms with Crippen molar-refractivity contribution in [3.63, 3.8) is 0 Å². The molecule has 0 spiro atoms. The number of carbonyl (C=O) groups is 2. The van der Waals surface area contributed by atoms with Crippen LogP contribution in [0.4, 0.5) is 4.79 Å². The number of thioether (sulfide) groups is 1. The molecule has 1 aromatic carbocycles. The van der Waals surface area contributed by atoms with Gasteiger partial charge in [-0.15, -0.1) is 0 Å². The lowest BCUT2D eigenvalue weighted by Crippen LogP contribution is -2.49. The molecule has 0 aromatic heterocycles. The van der Waals surface area contributed by atoms with Gasteiger partial charge in [0.1, 0.15) is 12.6 Å². The summed E-state index contributed by atoms with van der Waals surface area (Å²) in [5, 5.41) is 2.51. The van der Waals surface area contributed by atoms with Gasteiger partial charge in [-0.05, 0) is 24.0 Å². The molecule has 0 heterocycles. The molecule has 0 aliphatic rings. The summed E-state index contributed by atoms with van der Waals surface area (Å²) < 4.78 is 5.06. The van der Waals surface area contributed by atoms with E-state index in [1.165, 1.54) is 0 Å². The first kappa shape index (κ1) is 16.3. The Hall–Kier alpha value is -1.73.